The molecule has 0 saturated heterocycles. The molecule has 4 heteroatoms. The van der Waals surface area contributed by atoms with E-state index in [1.54, 1.807) is 11.8 Å². The maximum atomic E-state index is 5.04. The van der Waals surface area contributed by atoms with Crippen LogP contribution >= 0.6 is 11.8 Å². The molecule has 3 nitrogen and oxygen atoms in total. The van der Waals surface area contributed by atoms with Crippen LogP contribution in [0.4, 0.5) is 11.4 Å². The third kappa shape index (κ3) is 4.30. The molecule has 0 aromatic heterocycles. The highest BCUT2D eigenvalue weighted by Gasteiger charge is 2.27. The van der Waals surface area contributed by atoms with Gasteiger partial charge >= 0.3 is 0 Å². The van der Waals surface area contributed by atoms with Crippen molar-refractivity contribution in [3.05, 3.63) is 132 Å². The summed E-state index contributed by atoms with van der Waals surface area (Å²) in [6, 6.07) is 41.3. The van der Waals surface area contributed by atoms with E-state index in [-0.39, 0.29) is 5.37 Å². The molecule has 0 fully saturated rings. The zero-order valence-electron chi connectivity index (χ0n) is 16.9. The maximum absolute atomic E-state index is 5.04. The number of amidine groups is 2. The van der Waals surface area contributed by atoms with Gasteiger partial charge in [-0.3, -0.25) is 4.90 Å². The molecule has 0 radical (unpaired) electrons. The van der Waals surface area contributed by atoms with Crippen molar-refractivity contribution in [2.45, 2.75) is 5.37 Å². The number of aliphatic imine (C=N–C) groups is 2. The summed E-state index contributed by atoms with van der Waals surface area (Å²) in [7, 11) is 0. The van der Waals surface area contributed by atoms with E-state index in [0.29, 0.717) is 0 Å². The Balaban J connectivity index is 1.64. The molecule has 1 aliphatic rings. The quantitative estimate of drug-likeness (QED) is 0.354. The van der Waals surface area contributed by atoms with Crippen LogP contribution in [0.3, 0.4) is 0 Å². The van der Waals surface area contributed by atoms with Gasteiger partial charge in [-0.05, 0) is 29.8 Å². The summed E-state index contributed by atoms with van der Waals surface area (Å²) < 4.78 is 0. The van der Waals surface area contributed by atoms with Crippen LogP contribution in [0.1, 0.15) is 16.5 Å². The normalized spacial score (nSPS) is 15.7. The van der Waals surface area contributed by atoms with Crippen molar-refractivity contribution in [2.24, 2.45) is 9.98 Å². The Morgan fingerprint density at radius 3 is 1.61 bits per heavy atom. The van der Waals surface area contributed by atoms with Crippen LogP contribution in [-0.2, 0) is 0 Å². The number of hydrogen-bond donors (Lipinski definition) is 0. The van der Waals surface area contributed by atoms with Gasteiger partial charge in [0.2, 0.25) is 0 Å². The van der Waals surface area contributed by atoms with Crippen molar-refractivity contribution >= 4 is 34.1 Å². The van der Waals surface area contributed by atoms with E-state index in [9.17, 15) is 0 Å². The number of anilines is 2. The van der Waals surface area contributed by atoms with Crippen LogP contribution in [0.25, 0.3) is 0 Å². The first-order valence-electron chi connectivity index (χ1n) is 10.2. The molecule has 1 aliphatic heterocycles. The van der Waals surface area contributed by atoms with Gasteiger partial charge in [-0.2, -0.15) is 0 Å². The third-order valence-electron chi connectivity index (χ3n) is 4.99. The van der Waals surface area contributed by atoms with Gasteiger partial charge in [-0.25, -0.2) is 9.98 Å². The summed E-state index contributed by atoms with van der Waals surface area (Å²) in [5, 5.41) is 0.832. The highest BCUT2D eigenvalue weighted by atomic mass is 32.2. The minimum Gasteiger partial charge on any atom is -0.289 e. The zero-order valence-corrected chi connectivity index (χ0v) is 17.7. The van der Waals surface area contributed by atoms with Crippen LogP contribution in [0, 0.1) is 0 Å². The van der Waals surface area contributed by atoms with Gasteiger partial charge < -0.3 is 0 Å². The van der Waals surface area contributed by atoms with E-state index >= 15 is 0 Å². The second-order valence-electron chi connectivity index (χ2n) is 7.10. The van der Waals surface area contributed by atoms with Crippen molar-refractivity contribution in [3.63, 3.8) is 0 Å². The smallest absolute Gasteiger partial charge is 0.177 e. The molecule has 0 N–H and O–H groups in total. The molecule has 5 rings (SSSR count). The fourth-order valence-electron chi connectivity index (χ4n) is 3.50. The third-order valence-corrected chi connectivity index (χ3v) is 6.08. The molecule has 4 aromatic rings. The monoisotopic (exact) mass is 419 g/mol. The number of hydrogen-bond acceptors (Lipinski definition) is 4. The first-order chi connectivity index (χ1) is 15.4. The summed E-state index contributed by atoms with van der Waals surface area (Å²) >= 11 is 1.67. The molecule has 0 amide bonds. The molecule has 1 heterocycles. The minimum atomic E-state index is -0.0705. The lowest BCUT2D eigenvalue weighted by molar-refractivity contribution is 1.03. The Hall–Kier alpha value is -3.63. The van der Waals surface area contributed by atoms with Gasteiger partial charge in [0.15, 0.2) is 11.0 Å². The number of thioether (sulfide) groups is 1. The van der Waals surface area contributed by atoms with Gasteiger partial charge in [0.05, 0.1) is 0 Å². The van der Waals surface area contributed by atoms with E-state index < -0.39 is 0 Å². The summed E-state index contributed by atoms with van der Waals surface area (Å²) in [6.07, 6.45) is 0. The fourth-order valence-corrected chi connectivity index (χ4v) is 4.60. The van der Waals surface area contributed by atoms with Crippen molar-refractivity contribution < 1.29 is 0 Å². The Morgan fingerprint density at radius 1 is 0.581 bits per heavy atom. The molecule has 150 valence electrons. The van der Waals surface area contributed by atoms with Crippen molar-refractivity contribution in [1.29, 1.82) is 0 Å². The Labute approximate surface area is 186 Å². The Bertz CT molecular complexity index is 1150. The van der Waals surface area contributed by atoms with Crippen LogP contribution in [0.5, 0.6) is 0 Å². The number of benzene rings is 4. The highest BCUT2D eigenvalue weighted by molar-refractivity contribution is 8.14. The van der Waals surface area contributed by atoms with Crippen molar-refractivity contribution in [2.75, 3.05) is 4.90 Å². The van der Waals surface area contributed by atoms with Gasteiger partial charge in [0.1, 0.15) is 5.37 Å². The first kappa shape index (κ1) is 19.3. The number of para-hydroxylation sites is 2. The molecule has 0 saturated carbocycles. The molecular formula is C27H21N3S. The lowest BCUT2D eigenvalue weighted by Gasteiger charge is -2.30. The molecule has 0 bridgehead atoms. The van der Waals surface area contributed by atoms with Crippen LogP contribution in [-0.4, -0.2) is 11.0 Å². The molecule has 0 spiro atoms. The van der Waals surface area contributed by atoms with Gasteiger partial charge in [0, 0.05) is 16.9 Å². The van der Waals surface area contributed by atoms with Crippen LogP contribution in [0.15, 0.2) is 131 Å². The molecule has 31 heavy (non-hydrogen) atoms. The summed E-state index contributed by atoms with van der Waals surface area (Å²) in [4.78, 5) is 12.3. The summed E-state index contributed by atoms with van der Waals surface area (Å²) in [5.41, 5.74) is 4.32. The van der Waals surface area contributed by atoms with E-state index in [0.717, 1.165) is 33.5 Å². The number of nitrogens with zero attached hydrogens (tertiary/aromatic N) is 3. The van der Waals surface area contributed by atoms with Crippen LogP contribution in [0.2, 0.25) is 0 Å². The average molecular weight is 420 g/mol. The second-order valence-corrected chi connectivity index (χ2v) is 8.15. The molecule has 4 aromatic carbocycles. The molecule has 1 atom stereocenters. The van der Waals surface area contributed by atoms with Crippen molar-refractivity contribution in [3.8, 4) is 0 Å². The zero-order chi connectivity index (χ0) is 20.9. The van der Waals surface area contributed by atoms with E-state index in [1.807, 2.05) is 36.4 Å². The first-order valence-corrected chi connectivity index (χ1v) is 11.1. The topological polar surface area (TPSA) is 28.0 Å². The van der Waals surface area contributed by atoms with Gasteiger partial charge in [0.25, 0.3) is 0 Å². The largest absolute Gasteiger partial charge is 0.289 e. The van der Waals surface area contributed by atoms with Crippen molar-refractivity contribution in [1.82, 2.24) is 0 Å². The van der Waals surface area contributed by atoms with E-state index in [4.69, 9.17) is 9.98 Å². The average Bonchev–Trinajstić information content (AvgIpc) is 2.86. The van der Waals surface area contributed by atoms with Gasteiger partial charge in [-0.1, -0.05) is 109 Å². The number of rotatable bonds is 4. The molecule has 0 unspecified atom stereocenters. The maximum Gasteiger partial charge on any atom is 0.177 e. The minimum absolute atomic E-state index is 0.0705. The SMILES string of the molecule is c1ccc(C2=N[C@@H](c3ccccc3)SC(N(c3ccccc3)c3ccccc3)=N2)cc1. The van der Waals surface area contributed by atoms with Gasteiger partial charge in [-0.15, -0.1) is 0 Å². The Morgan fingerprint density at radius 2 is 1.06 bits per heavy atom. The van der Waals surface area contributed by atoms with E-state index in [2.05, 4.69) is 89.8 Å². The lowest BCUT2D eigenvalue weighted by atomic mass is 10.2. The standard InChI is InChI=1S/C27H21N3S/c1-5-13-21(14-6-1)25-28-26(22-15-7-2-8-16-22)31-27(29-25)30(23-17-9-3-10-18-23)24-19-11-4-12-20-24/h1-20,26H/t26-/m1/s1. The fraction of sp³-hybridized carbons (Fsp3) is 0.0370. The Kier molecular flexibility index (Phi) is 5.63. The van der Waals surface area contributed by atoms with E-state index in [1.165, 1.54) is 0 Å². The predicted molar refractivity (Wildman–Crippen MR) is 132 cm³/mol. The molecule has 0 aliphatic carbocycles. The summed E-state index contributed by atoms with van der Waals surface area (Å²) in [5.74, 6) is 0.750. The predicted octanol–water partition coefficient (Wildman–Crippen LogP) is 7.07. The molecular weight excluding hydrogens is 398 g/mol. The second kappa shape index (κ2) is 9.02. The van der Waals surface area contributed by atoms with Crippen LogP contribution < -0.4 is 4.90 Å². The summed E-state index contributed by atoms with van der Waals surface area (Å²) in [6.45, 7) is 0. The lowest BCUT2D eigenvalue weighted by Crippen LogP contribution is -2.27. The highest BCUT2D eigenvalue weighted by Crippen LogP contribution is 2.40.